The molecule has 1 aliphatic carbocycles. The lowest BCUT2D eigenvalue weighted by atomic mass is 10.1. The SMILES string of the molecule is Cc1ccccc1-c1nc2c(NC[C@@H]3C[C@@H](COS(N)(=O)=O)[C@@H](O)C3)ncnc2[nH]1. The van der Waals surface area contributed by atoms with Crippen LogP contribution >= 0.6 is 0 Å². The highest BCUT2D eigenvalue weighted by molar-refractivity contribution is 7.84. The van der Waals surface area contributed by atoms with Gasteiger partial charge in [-0.3, -0.25) is 4.18 Å². The van der Waals surface area contributed by atoms with Gasteiger partial charge in [-0.15, -0.1) is 0 Å². The number of aromatic amines is 1. The molecule has 0 spiro atoms. The van der Waals surface area contributed by atoms with Gasteiger partial charge in [0.05, 0.1) is 12.7 Å². The predicted molar refractivity (Wildman–Crippen MR) is 112 cm³/mol. The number of benzene rings is 1. The zero-order valence-corrected chi connectivity index (χ0v) is 17.3. The zero-order chi connectivity index (χ0) is 21.3. The summed E-state index contributed by atoms with van der Waals surface area (Å²) in [7, 11) is -4.01. The van der Waals surface area contributed by atoms with Gasteiger partial charge in [0.2, 0.25) is 0 Å². The van der Waals surface area contributed by atoms with E-state index in [2.05, 4.69) is 29.4 Å². The molecule has 1 aromatic carbocycles. The highest BCUT2D eigenvalue weighted by Crippen LogP contribution is 2.32. The van der Waals surface area contributed by atoms with E-state index < -0.39 is 16.4 Å². The van der Waals surface area contributed by atoms with Gasteiger partial charge >= 0.3 is 10.3 Å². The molecule has 0 saturated heterocycles. The second kappa shape index (κ2) is 8.26. The van der Waals surface area contributed by atoms with Crippen molar-refractivity contribution in [1.82, 2.24) is 19.9 Å². The highest BCUT2D eigenvalue weighted by atomic mass is 32.2. The highest BCUT2D eigenvalue weighted by Gasteiger charge is 2.34. The van der Waals surface area contributed by atoms with Crippen molar-refractivity contribution in [3.63, 3.8) is 0 Å². The van der Waals surface area contributed by atoms with Crippen LogP contribution in [0.4, 0.5) is 5.82 Å². The van der Waals surface area contributed by atoms with Gasteiger partial charge in [-0.05, 0) is 31.2 Å². The average Bonchev–Trinajstić information content (AvgIpc) is 3.28. The number of nitrogens with one attached hydrogen (secondary N) is 2. The molecule has 0 unspecified atom stereocenters. The summed E-state index contributed by atoms with van der Waals surface area (Å²) < 4.78 is 26.6. The Kier molecular flexibility index (Phi) is 5.69. The molecule has 1 aliphatic rings. The fourth-order valence-corrected chi connectivity index (χ4v) is 4.27. The van der Waals surface area contributed by atoms with E-state index in [0.717, 1.165) is 17.0 Å². The van der Waals surface area contributed by atoms with Crippen LogP contribution in [-0.2, 0) is 14.5 Å². The topological polar surface area (TPSA) is 156 Å². The van der Waals surface area contributed by atoms with E-state index >= 15 is 0 Å². The number of nitrogens with two attached hydrogens (primary N) is 1. The molecule has 0 amide bonds. The van der Waals surface area contributed by atoms with Crippen LogP contribution in [0.1, 0.15) is 18.4 Å². The van der Waals surface area contributed by atoms with Crippen LogP contribution in [0.5, 0.6) is 0 Å². The number of rotatable bonds is 7. The minimum absolute atomic E-state index is 0.118. The number of aliphatic hydroxyl groups excluding tert-OH is 1. The van der Waals surface area contributed by atoms with Crippen molar-refractivity contribution in [2.45, 2.75) is 25.9 Å². The molecule has 3 atom stereocenters. The molecule has 0 aliphatic heterocycles. The second-order valence-corrected chi connectivity index (χ2v) is 8.86. The third-order valence-electron chi connectivity index (χ3n) is 5.44. The number of H-pyrrole nitrogens is 1. The summed E-state index contributed by atoms with van der Waals surface area (Å²) in [4.78, 5) is 16.5. The summed E-state index contributed by atoms with van der Waals surface area (Å²) in [5.41, 5.74) is 3.38. The lowest BCUT2D eigenvalue weighted by molar-refractivity contribution is 0.100. The van der Waals surface area contributed by atoms with Crippen LogP contribution < -0.4 is 10.5 Å². The van der Waals surface area contributed by atoms with Gasteiger partial charge in [0.15, 0.2) is 17.0 Å². The molecule has 2 aromatic heterocycles. The smallest absolute Gasteiger partial charge is 0.333 e. The van der Waals surface area contributed by atoms with E-state index in [-0.39, 0.29) is 18.4 Å². The van der Waals surface area contributed by atoms with Crippen LogP contribution in [0.3, 0.4) is 0 Å². The molecule has 2 heterocycles. The second-order valence-electron chi connectivity index (χ2n) is 7.64. The molecule has 5 N–H and O–H groups in total. The quantitative estimate of drug-likeness (QED) is 0.436. The molecular formula is C19H24N6O4S. The maximum Gasteiger partial charge on any atom is 0.333 e. The molecular weight excluding hydrogens is 408 g/mol. The first-order chi connectivity index (χ1) is 14.3. The average molecular weight is 433 g/mol. The van der Waals surface area contributed by atoms with Crippen molar-refractivity contribution >= 4 is 27.3 Å². The Morgan fingerprint density at radius 2 is 2.10 bits per heavy atom. The number of aliphatic hydroxyl groups is 1. The molecule has 1 fully saturated rings. The van der Waals surface area contributed by atoms with Gasteiger partial charge in [0, 0.05) is 18.0 Å². The van der Waals surface area contributed by atoms with Crippen LogP contribution in [0.25, 0.3) is 22.6 Å². The summed E-state index contributed by atoms with van der Waals surface area (Å²) in [6.07, 6.45) is 1.99. The van der Waals surface area contributed by atoms with Crippen molar-refractivity contribution in [3.05, 3.63) is 36.2 Å². The van der Waals surface area contributed by atoms with Crippen LogP contribution in [0.2, 0.25) is 0 Å². The minimum Gasteiger partial charge on any atom is -0.393 e. The van der Waals surface area contributed by atoms with E-state index in [4.69, 9.17) is 5.14 Å². The predicted octanol–water partition coefficient (Wildman–Crippen LogP) is 1.35. The first kappa shape index (κ1) is 20.7. The van der Waals surface area contributed by atoms with Gasteiger partial charge in [-0.25, -0.2) is 20.1 Å². The molecule has 30 heavy (non-hydrogen) atoms. The molecule has 4 rings (SSSR count). The van der Waals surface area contributed by atoms with E-state index in [0.29, 0.717) is 36.4 Å². The minimum atomic E-state index is -4.01. The monoisotopic (exact) mass is 432 g/mol. The van der Waals surface area contributed by atoms with Gasteiger partial charge in [0.25, 0.3) is 0 Å². The van der Waals surface area contributed by atoms with E-state index in [9.17, 15) is 13.5 Å². The van der Waals surface area contributed by atoms with Crippen LogP contribution in [-0.4, -0.2) is 52.7 Å². The summed E-state index contributed by atoms with van der Waals surface area (Å²) in [6, 6.07) is 7.96. The summed E-state index contributed by atoms with van der Waals surface area (Å²) in [6.45, 7) is 2.46. The molecule has 1 saturated carbocycles. The Balaban J connectivity index is 1.45. The van der Waals surface area contributed by atoms with Gasteiger partial charge in [0.1, 0.15) is 12.2 Å². The Morgan fingerprint density at radius 1 is 1.30 bits per heavy atom. The van der Waals surface area contributed by atoms with Crippen molar-refractivity contribution in [2.75, 3.05) is 18.5 Å². The molecule has 0 bridgehead atoms. The number of fused-ring (bicyclic) bond motifs is 1. The van der Waals surface area contributed by atoms with E-state index in [1.807, 2.05) is 31.2 Å². The third-order valence-corrected chi connectivity index (χ3v) is 5.91. The van der Waals surface area contributed by atoms with Crippen molar-refractivity contribution < 1.29 is 17.7 Å². The first-order valence-corrected chi connectivity index (χ1v) is 11.1. The normalized spacial score (nSPS) is 21.9. The number of hydrogen-bond acceptors (Lipinski definition) is 8. The number of hydrogen-bond donors (Lipinski definition) is 4. The van der Waals surface area contributed by atoms with Gasteiger partial charge < -0.3 is 15.4 Å². The number of aromatic nitrogens is 4. The fourth-order valence-electron chi connectivity index (χ4n) is 3.91. The Hall–Kier alpha value is -2.60. The Morgan fingerprint density at radius 3 is 2.87 bits per heavy atom. The molecule has 10 nitrogen and oxygen atoms in total. The summed E-state index contributed by atoms with van der Waals surface area (Å²) in [5, 5.41) is 18.4. The van der Waals surface area contributed by atoms with Crippen molar-refractivity contribution in [2.24, 2.45) is 17.0 Å². The number of nitrogens with zero attached hydrogens (tertiary/aromatic N) is 3. The van der Waals surface area contributed by atoms with Crippen molar-refractivity contribution in [3.8, 4) is 11.4 Å². The number of anilines is 1. The molecule has 160 valence electrons. The maximum atomic E-state index is 11.0. The zero-order valence-electron chi connectivity index (χ0n) is 16.4. The van der Waals surface area contributed by atoms with Crippen LogP contribution in [0, 0.1) is 18.8 Å². The lowest BCUT2D eigenvalue weighted by Gasteiger charge is -2.13. The Bertz CT molecular complexity index is 1150. The molecule has 0 radical (unpaired) electrons. The van der Waals surface area contributed by atoms with Gasteiger partial charge in [-0.1, -0.05) is 24.3 Å². The van der Waals surface area contributed by atoms with Crippen LogP contribution in [0.15, 0.2) is 30.6 Å². The lowest BCUT2D eigenvalue weighted by Crippen LogP contribution is -2.24. The maximum absolute atomic E-state index is 11.0. The molecule has 11 heteroatoms. The van der Waals surface area contributed by atoms with Gasteiger partial charge in [-0.2, -0.15) is 8.42 Å². The van der Waals surface area contributed by atoms with E-state index in [1.54, 1.807) is 0 Å². The third kappa shape index (κ3) is 4.59. The number of imidazole rings is 1. The van der Waals surface area contributed by atoms with E-state index in [1.165, 1.54) is 6.33 Å². The summed E-state index contributed by atoms with van der Waals surface area (Å²) in [5.74, 6) is 1.19. The first-order valence-electron chi connectivity index (χ1n) is 9.66. The number of aryl methyl sites for hydroxylation is 1. The standard InChI is InChI=1S/C19H24N6O4S/c1-11-4-2-3-5-14(11)17-24-16-18(22-10-23-19(16)25-17)21-8-12-6-13(15(26)7-12)9-29-30(20,27)28/h2-5,10,12-13,15,26H,6-9H2,1H3,(H2,20,27,28)(H2,21,22,23,24,25)/t12-,13+,15+/m1/s1. The van der Waals surface area contributed by atoms with Crippen molar-refractivity contribution in [1.29, 1.82) is 0 Å². The molecule has 3 aromatic rings. The summed E-state index contributed by atoms with van der Waals surface area (Å²) >= 11 is 0. The Labute approximate surface area is 174 Å². The largest absolute Gasteiger partial charge is 0.393 e. The fraction of sp³-hybridized carbons (Fsp3) is 0.421.